The van der Waals surface area contributed by atoms with Gasteiger partial charge in [0.15, 0.2) is 11.6 Å². The van der Waals surface area contributed by atoms with Gasteiger partial charge in [0.05, 0.1) is 12.6 Å². The Labute approximate surface area is 156 Å². The quantitative estimate of drug-likeness (QED) is 0.596. The summed E-state index contributed by atoms with van der Waals surface area (Å²) < 4.78 is 20.9. The van der Waals surface area contributed by atoms with Crippen molar-refractivity contribution in [3.63, 3.8) is 0 Å². The van der Waals surface area contributed by atoms with Crippen molar-refractivity contribution in [1.29, 1.82) is 0 Å². The average Bonchev–Trinajstić information content (AvgIpc) is 2.92. The molecule has 0 saturated heterocycles. The second-order valence-electron chi connectivity index (χ2n) is 6.50. The average molecular weight is 369 g/mol. The molecule has 3 nitrogen and oxygen atoms in total. The molecule has 2 aromatic carbocycles. The lowest BCUT2D eigenvalue weighted by atomic mass is 10.0. The molecule has 0 saturated carbocycles. The van der Waals surface area contributed by atoms with E-state index >= 15 is 0 Å². The maximum Gasteiger partial charge on any atom is 0.166 e. The number of rotatable bonds is 1. The van der Waals surface area contributed by atoms with Crippen molar-refractivity contribution in [3.8, 4) is 17.7 Å². The van der Waals surface area contributed by atoms with Gasteiger partial charge < -0.3 is 9.64 Å². The molecule has 3 aromatic rings. The number of aromatic nitrogens is 1. The molecule has 1 aromatic heterocycles. The smallest absolute Gasteiger partial charge is 0.166 e. The first-order chi connectivity index (χ1) is 12.6. The molecule has 0 aliphatic carbocycles. The molecule has 5 heteroatoms. The van der Waals surface area contributed by atoms with Gasteiger partial charge in [0.1, 0.15) is 0 Å². The number of ether oxygens (including phenoxy) is 1. The Hall–Kier alpha value is -2.48. The standard InChI is InChI=1S/C21H18ClFN2O/c1-24-9-8-16-17-12-15(22)4-5-19(17)25(20(16)13-24)10-7-14-3-6-21(26-2)18(23)11-14/h3-6,11-12H,8-9,13H2,1-2H3. The van der Waals surface area contributed by atoms with Gasteiger partial charge in [-0.3, -0.25) is 4.57 Å². The minimum Gasteiger partial charge on any atom is -0.494 e. The van der Waals surface area contributed by atoms with Gasteiger partial charge in [-0.05, 0) is 61.4 Å². The topological polar surface area (TPSA) is 17.4 Å². The van der Waals surface area contributed by atoms with Gasteiger partial charge in [-0.1, -0.05) is 11.6 Å². The Morgan fingerprint density at radius 1 is 1.19 bits per heavy atom. The summed E-state index contributed by atoms with van der Waals surface area (Å²) >= 11 is 6.21. The predicted octanol–water partition coefficient (Wildman–Crippen LogP) is 4.29. The van der Waals surface area contributed by atoms with Crippen molar-refractivity contribution < 1.29 is 9.13 Å². The minimum absolute atomic E-state index is 0.218. The number of likely N-dealkylation sites (N-methyl/N-ethyl adjacent to an activating group) is 1. The van der Waals surface area contributed by atoms with Crippen LogP contribution in [-0.4, -0.2) is 30.2 Å². The van der Waals surface area contributed by atoms with Gasteiger partial charge in [-0.25, -0.2) is 4.39 Å². The summed E-state index contributed by atoms with van der Waals surface area (Å²) in [5, 5.41) is 1.87. The van der Waals surface area contributed by atoms with Gasteiger partial charge in [0, 0.05) is 40.8 Å². The molecule has 2 heterocycles. The molecule has 132 valence electrons. The summed E-state index contributed by atoms with van der Waals surface area (Å²) in [6.07, 6.45) is 0.967. The number of hydrogen-bond acceptors (Lipinski definition) is 2. The summed E-state index contributed by atoms with van der Waals surface area (Å²) in [7, 11) is 3.55. The Morgan fingerprint density at radius 3 is 2.81 bits per heavy atom. The fourth-order valence-corrected chi connectivity index (χ4v) is 3.63. The van der Waals surface area contributed by atoms with E-state index in [0.717, 1.165) is 35.4 Å². The first-order valence-corrected chi connectivity index (χ1v) is 8.80. The van der Waals surface area contributed by atoms with E-state index in [-0.39, 0.29) is 5.75 Å². The molecular weight excluding hydrogens is 351 g/mol. The van der Waals surface area contributed by atoms with Crippen LogP contribution >= 0.6 is 11.6 Å². The molecular formula is C21H18ClFN2O. The van der Waals surface area contributed by atoms with Crippen LogP contribution in [0.25, 0.3) is 10.9 Å². The molecule has 0 N–H and O–H groups in total. The van der Waals surface area contributed by atoms with E-state index in [1.54, 1.807) is 12.1 Å². The van der Waals surface area contributed by atoms with Crippen LogP contribution in [0, 0.1) is 17.8 Å². The number of benzene rings is 2. The minimum atomic E-state index is -0.412. The maximum absolute atomic E-state index is 13.9. The molecule has 1 aliphatic rings. The summed E-state index contributed by atoms with van der Waals surface area (Å²) in [5.74, 6) is 2.88. The third kappa shape index (κ3) is 2.94. The molecule has 0 unspecified atom stereocenters. The Bertz CT molecular complexity index is 1060. The lowest BCUT2D eigenvalue weighted by Crippen LogP contribution is -2.27. The largest absolute Gasteiger partial charge is 0.494 e. The lowest BCUT2D eigenvalue weighted by molar-refractivity contribution is 0.308. The van der Waals surface area contributed by atoms with Gasteiger partial charge >= 0.3 is 0 Å². The van der Waals surface area contributed by atoms with Gasteiger partial charge in [0.25, 0.3) is 0 Å². The zero-order valence-electron chi connectivity index (χ0n) is 14.6. The Kier molecular flexibility index (Phi) is 4.36. The number of halogens is 2. The van der Waals surface area contributed by atoms with Crippen molar-refractivity contribution >= 4 is 22.5 Å². The lowest BCUT2D eigenvalue weighted by Gasteiger charge is -2.23. The third-order valence-electron chi connectivity index (χ3n) is 4.77. The first-order valence-electron chi connectivity index (χ1n) is 8.42. The fraction of sp³-hybridized carbons (Fsp3) is 0.238. The maximum atomic E-state index is 13.9. The number of hydrogen-bond donors (Lipinski definition) is 0. The normalized spacial score (nSPS) is 14.0. The summed E-state index contributed by atoms with van der Waals surface area (Å²) in [6.45, 7) is 1.84. The zero-order chi connectivity index (χ0) is 18.3. The van der Waals surface area contributed by atoms with Crippen molar-refractivity contribution in [2.75, 3.05) is 20.7 Å². The van der Waals surface area contributed by atoms with Crippen molar-refractivity contribution in [2.24, 2.45) is 0 Å². The fourth-order valence-electron chi connectivity index (χ4n) is 3.46. The van der Waals surface area contributed by atoms with Gasteiger partial charge in [-0.15, -0.1) is 0 Å². The van der Waals surface area contributed by atoms with Crippen LogP contribution in [0.2, 0.25) is 5.02 Å². The second kappa shape index (κ2) is 6.68. The van der Waals surface area contributed by atoms with E-state index in [4.69, 9.17) is 16.3 Å². The number of fused-ring (bicyclic) bond motifs is 3. The highest BCUT2D eigenvalue weighted by atomic mass is 35.5. The highest BCUT2D eigenvalue weighted by molar-refractivity contribution is 6.31. The van der Waals surface area contributed by atoms with E-state index in [9.17, 15) is 4.39 Å². The molecule has 4 rings (SSSR count). The monoisotopic (exact) mass is 368 g/mol. The predicted molar refractivity (Wildman–Crippen MR) is 102 cm³/mol. The Balaban J connectivity index is 1.85. The Morgan fingerprint density at radius 2 is 2.04 bits per heavy atom. The van der Waals surface area contributed by atoms with Crippen LogP contribution in [0.4, 0.5) is 4.39 Å². The number of nitrogens with zero attached hydrogens (tertiary/aromatic N) is 2. The number of methoxy groups -OCH3 is 1. The van der Waals surface area contributed by atoms with Crippen LogP contribution in [0.15, 0.2) is 36.4 Å². The summed E-state index contributed by atoms with van der Waals surface area (Å²) in [4.78, 5) is 2.27. The highest BCUT2D eigenvalue weighted by Crippen LogP contribution is 2.31. The van der Waals surface area contributed by atoms with Crippen molar-refractivity contribution in [2.45, 2.75) is 13.0 Å². The SMILES string of the molecule is COc1ccc(C#Cn2c3c(c4cc(Cl)ccc42)CCN(C)C3)cc1F. The first kappa shape index (κ1) is 17.0. The molecule has 0 spiro atoms. The van der Waals surface area contributed by atoms with Crippen LogP contribution in [0.3, 0.4) is 0 Å². The van der Waals surface area contributed by atoms with Crippen LogP contribution in [-0.2, 0) is 13.0 Å². The summed E-state index contributed by atoms with van der Waals surface area (Å²) in [6, 6.07) is 13.8. The molecule has 0 fully saturated rings. The van der Waals surface area contributed by atoms with Gasteiger partial charge in [0.2, 0.25) is 0 Å². The molecule has 26 heavy (non-hydrogen) atoms. The van der Waals surface area contributed by atoms with E-state index in [1.807, 2.05) is 22.8 Å². The molecule has 0 radical (unpaired) electrons. The van der Waals surface area contributed by atoms with Crippen LogP contribution in [0.1, 0.15) is 16.8 Å². The molecule has 1 aliphatic heterocycles. The highest BCUT2D eigenvalue weighted by Gasteiger charge is 2.22. The van der Waals surface area contributed by atoms with Crippen LogP contribution in [0.5, 0.6) is 5.75 Å². The summed E-state index contributed by atoms with van der Waals surface area (Å²) in [5.41, 5.74) is 4.13. The van der Waals surface area contributed by atoms with Gasteiger partial charge in [-0.2, -0.15) is 0 Å². The second-order valence-corrected chi connectivity index (χ2v) is 6.93. The van der Waals surface area contributed by atoms with Crippen molar-refractivity contribution in [3.05, 3.63) is 64.1 Å². The zero-order valence-corrected chi connectivity index (χ0v) is 15.4. The molecule has 0 bridgehead atoms. The molecule has 0 atom stereocenters. The van der Waals surface area contributed by atoms with Crippen molar-refractivity contribution in [1.82, 2.24) is 9.47 Å². The van der Waals surface area contributed by atoms with E-state index in [1.165, 1.54) is 24.4 Å². The van der Waals surface area contributed by atoms with E-state index in [2.05, 4.69) is 23.9 Å². The third-order valence-corrected chi connectivity index (χ3v) is 5.01. The molecule has 0 amide bonds. The van der Waals surface area contributed by atoms with Crippen LogP contribution < -0.4 is 4.74 Å². The van der Waals surface area contributed by atoms with E-state index < -0.39 is 5.82 Å². The van der Waals surface area contributed by atoms with E-state index in [0.29, 0.717) is 5.56 Å².